The van der Waals surface area contributed by atoms with Crippen LogP contribution in [0.3, 0.4) is 0 Å². The third kappa shape index (κ3) is 5.95. The molecule has 3 heteroatoms. The summed E-state index contributed by atoms with van der Waals surface area (Å²) in [5, 5.41) is 0. The maximum absolute atomic E-state index is 11.4. The largest absolute Gasteiger partial charge is 0.488 e. The van der Waals surface area contributed by atoms with Crippen LogP contribution in [-0.2, 0) is 13.0 Å². The summed E-state index contributed by atoms with van der Waals surface area (Å²) in [5.41, 5.74) is 11.5. The Balaban J connectivity index is 1.71. The fraction of sp³-hybridized carbons (Fsp3) is 0.148. The second-order valence-electron chi connectivity index (χ2n) is 7.37. The van der Waals surface area contributed by atoms with Crippen molar-refractivity contribution in [1.29, 1.82) is 0 Å². The summed E-state index contributed by atoms with van der Waals surface area (Å²) in [6, 6.07) is 25.7. The SMILES string of the molecule is C/C(=C/C=C(\C)c1ccccc1OCc1ccccc1)Cc1cccc(C(N)=O)c1. The standard InChI is InChI=1S/C27H27NO2/c1-20(17-23-11-8-12-24(18-23)27(28)29)15-16-21(2)25-13-6-7-14-26(25)30-19-22-9-4-3-5-10-22/h3-16,18H,17,19H2,1-2H3,(H2,28,29)/b20-15-,21-16+. The van der Waals surface area contributed by atoms with Crippen molar-refractivity contribution >= 4 is 11.5 Å². The second-order valence-corrected chi connectivity index (χ2v) is 7.37. The number of carbonyl (C=O) groups is 1. The van der Waals surface area contributed by atoms with E-state index in [1.165, 1.54) is 5.57 Å². The Bertz CT molecular complexity index is 1060. The van der Waals surface area contributed by atoms with E-state index in [2.05, 4.69) is 44.2 Å². The van der Waals surface area contributed by atoms with Crippen molar-refractivity contribution < 1.29 is 9.53 Å². The van der Waals surface area contributed by atoms with E-state index in [0.717, 1.165) is 34.4 Å². The van der Waals surface area contributed by atoms with Gasteiger partial charge in [-0.15, -0.1) is 0 Å². The number of para-hydroxylation sites is 1. The predicted octanol–water partition coefficient (Wildman–Crippen LogP) is 5.96. The Morgan fingerprint density at radius 1 is 0.867 bits per heavy atom. The van der Waals surface area contributed by atoms with Crippen molar-refractivity contribution in [3.63, 3.8) is 0 Å². The van der Waals surface area contributed by atoms with Gasteiger partial charge in [-0.3, -0.25) is 4.79 Å². The van der Waals surface area contributed by atoms with Crippen LogP contribution >= 0.6 is 0 Å². The number of benzene rings is 3. The maximum atomic E-state index is 11.4. The predicted molar refractivity (Wildman–Crippen MR) is 123 cm³/mol. The quantitative estimate of drug-likeness (QED) is 0.477. The molecule has 0 fully saturated rings. The van der Waals surface area contributed by atoms with Gasteiger partial charge in [-0.05, 0) is 55.2 Å². The van der Waals surface area contributed by atoms with Crippen LogP contribution in [0.4, 0.5) is 0 Å². The number of rotatable bonds is 8. The lowest BCUT2D eigenvalue weighted by molar-refractivity contribution is 0.1000. The number of hydrogen-bond acceptors (Lipinski definition) is 2. The van der Waals surface area contributed by atoms with E-state index < -0.39 is 5.91 Å². The highest BCUT2D eigenvalue weighted by Gasteiger charge is 2.05. The lowest BCUT2D eigenvalue weighted by Gasteiger charge is -2.12. The van der Waals surface area contributed by atoms with E-state index in [0.29, 0.717) is 12.2 Å². The molecule has 0 aromatic heterocycles. The highest BCUT2D eigenvalue weighted by molar-refractivity contribution is 5.92. The van der Waals surface area contributed by atoms with Crippen molar-refractivity contribution in [1.82, 2.24) is 0 Å². The van der Waals surface area contributed by atoms with Crippen molar-refractivity contribution in [2.75, 3.05) is 0 Å². The summed E-state index contributed by atoms with van der Waals surface area (Å²) in [6.07, 6.45) is 4.98. The lowest BCUT2D eigenvalue weighted by atomic mass is 10.0. The average Bonchev–Trinajstić information content (AvgIpc) is 2.77. The van der Waals surface area contributed by atoms with Gasteiger partial charge in [0.2, 0.25) is 5.91 Å². The first-order valence-corrected chi connectivity index (χ1v) is 10.0. The van der Waals surface area contributed by atoms with Gasteiger partial charge in [0.15, 0.2) is 0 Å². The zero-order valence-corrected chi connectivity index (χ0v) is 17.5. The minimum absolute atomic E-state index is 0.402. The van der Waals surface area contributed by atoms with Gasteiger partial charge in [-0.2, -0.15) is 0 Å². The number of allylic oxidation sites excluding steroid dienone is 4. The smallest absolute Gasteiger partial charge is 0.248 e. The Morgan fingerprint density at radius 3 is 2.33 bits per heavy atom. The highest BCUT2D eigenvalue weighted by atomic mass is 16.5. The summed E-state index contributed by atoms with van der Waals surface area (Å²) < 4.78 is 6.08. The van der Waals surface area contributed by atoms with Gasteiger partial charge < -0.3 is 10.5 Å². The van der Waals surface area contributed by atoms with Gasteiger partial charge in [0.05, 0.1) is 0 Å². The summed E-state index contributed by atoms with van der Waals surface area (Å²) >= 11 is 0. The molecule has 0 heterocycles. The number of nitrogens with two attached hydrogens (primary N) is 1. The molecule has 0 unspecified atom stereocenters. The zero-order chi connectivity index (χ0) is 21.3. The molecule has 3 aromatic rings. The van der Waals surface area contributed by atoms with Crippen LogP contribution in [0.2, 0.25) is 0 Å². The lowest BCUT2D eigenvalue weighted by Crippen LogP contribution is -2.10. The third-order valence-electron chi connectivity index (χ3n) is 4.86. The molecule has 2 N–H and O–H groups in total. The molecule has 0 aliphatic carbocycles. The molecule has 0 saturated carbocycles. The Labute approximate surface area is 178 Å². The van der Waals surface area contributed by atoms with Gasteiger partial charge in [-0.25, -0.2) is 0 Å². The monoisotopic (exact) mass is 397 g/mol. The van der Waals surface area contributed by atoms with Gasteiger partial charge >= 0.3 is 0 Å². The first kappa shape index (κ1) is 21.1. The first-order valence-electron chi connectivity index (χ1n) is 10.0. The van der Waals surface area contributed by atoms with E-state index in [1.807, 2.05) is 54.6 Å². The molecule has 30 heavy (non-hydrogen) atoms. The number of hydrogen-bond donors (Lipinski definition) is 1. The minimum Gasteiger partial charge on any atom is -0.488 e. The van der Waals surface area contributed by atoms with Crippen molar-refractivity contribution in [3.8, 4) is 5.75 Å². The van der Waals surface area contributed by atoms with Crippen LogP contribution in [0.25, 0.3) is 5.57 Å². The van der Waals surface area contributed by atoms with Gasteiger partial charge in [0, 0.05) is 11.1 Å². The maximum Gasteiger partial charge on any atom is 0.248 e. The van der Waals surface area contributed by atoms with Crippen molar-refractivity contribution in [2.45, 2.75) is 26.9 Å². The summed E-state index contributed by atoms with van der Waals surface area (Å²) in [6.45, 7) is 4.71. The molecular formula is C27H27NO2. The fourth-order valence-corrected chi connectivity index (χ4v) is 3.23. The molecule has 0 aliphatic heterocycles. The fourth-order valence-electron chi connectivity index (χ4n) is 3.23. The molecule has 3 nitrogen and oxygen atoms in total. The topological polar surface area (TPSA) is 52.3 Å². The molecule has 0 aliphatic rings. The van der Waals surface area contributed by atoms with Gasteiger partial charge in [-0.1, -0.05) is 78.4 Å². The molecule has 3 aromatic carbocycles. The summed E-state index contributed by atoms with van der Waals surface area (Å²) in [5.74, 6) is 0.469. The Kier molecular flexibility index (Phi) is 7.23. The third-order valence-corrected chi connectivity index (χ3v) is 4.86. The molecule has 0 bridgehead atoms. The van der Waals surface area contributed by atoms with Crippen molar-refractivity contribution in [3.05, 3.63) is 119 Å². The van der Waals surface area contributed by atoms with E-state index in [-0.39, 0.29) is 0 Å². The highest BCUT2D eigenvalue weighted by Crippen LogP contribution is 2.27. The van der Waals surface area contributed by atoms with Crippen LogP contribution in [0.1, 0.15) is 40.9 Å². The molecule has 0 atom stereocenters. The molecule has 0 radical (unpaired) electrons. The molecule has 0 saturated heterocycles. The number of carbonyl (C=O) groups excluding carboxylic acids is 1. The first-order chi connectivity index (χ1) is 14.5. The molecular weight excluding hydrogens is 370 g/mol. The van der Waals surface area contributed by atoms with Crippen LogP contribution in [-0.4, -0.2) is 5.91 Å². The Hall–Kier alpha value is -3.59. The molecule has 1 amide bonds. The van der Waals surface area contributed by atoms with Gasteiger partial charge in [0.1, 0.15) is 12.4 Å². The zero-order valence-electron chi connectivity index (χ0n) is 17.5. The van der Waals surface area contributed by atoms with Crippen LogP contribution in [0, 0.1) is 0 Å². The van der Waals surface area contributed by atoms with Crippen LogP contribution < -0.4 is 10.5 Å². The summed E-state index contributed by atoms with van der Waals surface area (Å²) in [4.78, 5) is 11.4. The average molecular weight is 398 g/mol. The van der Waals surface area contributed by atoms with Crippen LogP contribution in [0.15, 0.2) is 96.6 Å². The second kappa shape index (κ2) is 10.3. The number of primary amides is 1. The van der Waals surface area contributed by atoms with Crippen molar-refractivity contribution in [2.24, 2.45) is 5.73 Å². The molecule has 3 rings (SSSR count). The minimum atomic E-state index is -0.402. The van der Waals surface area contributed by atoms with E-state index in [1.54, 1.807) is 6.07 Å². The van der Waals surface area contributed by atoms with Crippen LogP contribution in [0.5, 0.6) is 5.75 Å². The Morgan fingerprint density at radius 2 is 1.57 bits per heavy atom. The van der Waals surface area contributed by atoms with Gasteiger partial charge in [0.25, 0.3) is 0 Å². The molecule has 0 spiro atoms. The number of ether oxygens (including phenoxy) is 1. The van der Waals surface area contributed by atoms with E-state index in [4.69, 9.17) is 10.5 Å². The molecule has 152 valence electrons. The number of amides is 1. The van der Waals surface area contributed by atoms with E-state index in [9.17, 15) is 4.79 Å². The summed E-state index contributed by atoms with van der Waals surface area (Å²) in [7, 11) is 0. The van der Waals surface area contributed by atoms with E-state index >= 15 is 0 Å². The normalized spacial score (nSPS) is 11.9.